The summed E-state index contributed by atoms with van der Waals surface area (Å²) in [4.78, 5) is 11.5. The van der Waals surface area contributed by atoms with Crippen LogP contribution in [0.3, 0.4) is 0 Å². The summed E-state index contributed by atoms with van der Waals surface area (Å²) in [6.07, 6.45) is 8.87. The van der Waals surface area contributed by atoms with E-state index in [9.17, 15) is 4.79 Å². The molecule has 0 aliphatic heterocycles. The first kappa shape index (κ1) is 27.8. The molecule has 0 atom stereocenters. The third-order valence-electron chi connectivity index (χ3n) is 4.87. The fourth-order valence-electron chi connectivity index (χ4n) is 3.03. The van der Waals surface area contributed by atoms with Gasteiger partial charge in [0.25, 0.3) is 0 Å². The van der Waals surface area contributed by atoms with E-state index >= 15 is 0 Å². The van der Waals surface area contributed by atoms with Gasteiger partial charge in [-0.2, -0.15) is 0 Å². The van der Waals surface area contributed by atoms with Crippen LogP contribution in [0.4, 0.5) is 0 Å². The number of rotatable bonds is 11. The normalized spacial score (nSPS) is 11.1. The molecule has 0 saturated carbocycles. The van der Waals surface area contributed by atoms with Gasteiger partial charge < -0.3 is 4.18 Å². The van der Waals surface area contributed by atoms with Crippen LogP contribution in [0.2, 0.25) is 13.3 Å². The van der Waals surface area contributed by atoms with Crippen LogP contribution in [0.1, 0.15) is 92.6 Å². The van der Waals surface area contributed by atoms with E-state index in [1.54, 1.807) is 13.3 Å². The van der Waals surface area contributed by atoms with Crippen molar-refractivity contribution in [2.24, 2.45) is 0 Å². The quantitative estimate of drug-likeness (QED) is 0.220. The van der Waals surface area contributed by atoms with Gasteiger partial charge in [0.05, 0.1) is 12.0 Å². The summed E-state index contributed by atoms with van der Waals surface area (Å²) in [5, 5.41) is 0. The molecule has 1 aromatic carbocycles. The molecule has 162 valence electrons. The predicted octanol–water partition coefficient (Wildman–Crippen LogP) is 8.17. The van der Waals surface area contributed by atoms with E-state index in [-0.39, 0.29) is 11.4 Å². The molecule has 0 spiro atoms. The number of benzene rings is 1. The Balaban J connectivity index is 0.000000528. The fraction of sp³-hybridized carbons (Fsp3) is 0.708. The molecule has 0 radical (unpaired) electrons. The van der Waals surface area contributed by atoms with Crippen molar-refractivity contribution in [1.82, 2.24) is 0 Å². The molecule has 0 saturated heterocycles. The van der Waals surface area contributed by atoms with Gasteiger partial charge in [-0.25, -0.2) is 0 Å². The van der Waals surface area contributed by atoms with E-state index in [1.807, 2.05) is 12.1 Å². The second kappa shape index (κ2) is 16.6. The van der Waals surface area contributed by atoms with Gasteiger partial charge in [0, 0.05) is 11.8 Å². The van der Waals surface area contributed by atoms with Gasteiger partial charge in [0.15, 0.2) is 0 Å². The van der Waals surface area contributed by atoms with Gasteiger partial charge in [-0.1, -0.05) is 32.9 Å². The molecule has 28 heavy (non-hydrogen) atoms. The molecule has 1 rings (SSSR count). The molecule has 0 aromatic heterocycles. The van der Waals surface area contributed by atoms with Gasteiger partial charge in [-0.15, -0.1) is 0 Å². The van der Waals surface area contributed by atoms with Crippen molar-refractivity contribution in [3.8, 4) is 0 Å². The summed E-state index contributed by atoms with van der Waals surface area (Å²) in [5.41, 5.74) is 1.43. The van der Waals surface area contributed by atoms with E-state index in [4.69, 9.17) is 4.18 Å². The molecule has 2 nitrogen and oxygen atoms in total. The monoisotopic (exact) mass is 516 g/mol. The van der Waals surface area contributed by atoms with Crippen LogP contribution < -0.4 is 0 Å². The zero-order valence-corrected chi connectivity index (χ0v) is 23.6. The molecule has 0 N–H and O–H groups in total. The van der Waals surface area contributed by atoms with Crippen LogP contribution in [0.15, 0.2) is 29.2 Å². The Morgan fingerprint density at radius 2 is 1.32 bits per heavy atom. The van der Waals surface area contributed by atoms with Gasteiger partial charge in [-0.3, -0.25) is 4.79 Å². The summed E-state index contributed by atoms with van der Waals surface area (Å²) in [6, 6.07) is 8.06. The molecule has 0 fully saturated rings. The first-order valence-corrected chi connectivity index (χ1v) is 18.9. The molecular formula is C24H44O2SSn. The van der Waals surface area contributed by atoms with E-state index in [0.717, 1.165) is 16.9 Å². The summed E-state index contributed by atoms with van der Waals surface area (Å²) in [5.74, 6) is -0.278. The van der Waals surface area contributed by atoms with Crippen LogP contribution in [-0.4, -0.2) is 25.7 Å². The summed E-state index contributed by atoms with van der Waals surface area (Å²) in [7, 11) is 0. The average molecular weight is 515 g/mol. The third kappa shape index (κ3) is 14.8. The molecule has 0 aliphatic rings. The van der Waals surface area contributed by atoms with E-state index in [2.05, 4.69) is 53.7 Å². The van der Waals surface area contributed by atoms with Crippen molar-refractivity contribution < 1.29 is 8.98 Å². The minimum absolute atomic E-state index is 0.157. The maximum atomic E-state index is 10.6. The van der Waals surface area contributed by atoms with Crippen LogP contribution >= 0.6 is 12.0 Å². The van der Waals surface area contributed by atoms with Crippen molar-refractivity contribution in [3.05, 3.63) is 29.8 Å². The Morgan fingerprint density at radius 3 is 1.64 bits per heavy atom. The van der Waals surface area contributed by atoms with E-state index in [1.165, 1.54) is 51.0 Å². The summed E-state index contributed by atoms with van der Waals surface area (Å²) in [6.45, 7) is 14.9. The van der Waals surface area contributed by atoms with Crippen molar-refractivity contribution in [1.29, 1.82) is 0 Å². The predicted molar refractivity (Wildman–Crippen MR) is 129 cm³/mol. The Labute approximate surface area is 186 Å². The molecule has 0 heterocycles. The third-order valence-corrected chi connectivity index (χ3v) is 16.1. The van der Waals surface area contributed by atoms with E-state index < -0.39 is 19.8 Å². The number of hydrogen-bond donors (Lipinski definition) is 0. The Kier molecular flexibility index (Phi) is 16.5. The van der Waals surface area contributed by atoms with Crippen LogP contribution in [0.25, 0.3) is 0 Å². The molecule has 0 aliphatic carbocycles. The van der Waals surface area contributed by atoms with Gasteiger partial charge in [0.1, 0.15) is 0 Å². The van der Waals surface area contributed by atoms with Crippen LogP contribution in [0.5, 0.6) is 0 Å². The van der Waals surface area contributed by atoms with Crippen molar-refractivity contribution >= 4 is 37.8 Å². The van der Waals surface area contributed by atoms with E-state index in [0.29, 0.717) is 0 Å². The topological polar surface area (TPSA) is 26.3 Å². The SMILES string of the molecule is CC(=O)OSc1ccc(C(C)(C)C)cc1.CCC[CH2][SnH]([CH2]CCC)[CH2]CCC. The second-order valence-electron chi connectivity index (χ2n) is 8.73. The first-order valence-electron chi connectivity index (χ1n) is 11.2. The number of carbonyl (C=O) groups excluding carboxylic acids is 1. The number of carbonyl (C=O) groups is 1. The van der Waals surface area contributed by atoms with Crippen molar-refractivity contribution in [2.45, 2.75) is 111 Å². The summed E-state index contributed by atoms with van der Waals surface area (Å²) >= 11 is 0.132. The number of unbranched alkanes of at least 4 members (excludes halogenated alkanes) is 3. The average Bonchev–Trinajstić information content (AvgIpc) is 2.66. The Hall–Kier alpha value is -0.161. The molecule has 0 amide bonds. The standard InChI is InChI=1S/C12H16O2S.3C4H9.Sn.H/c1-9(13)14-15-11-7-5-10(6-8-11)12(2,3)4;3*1-3-4-2;;/h5-8H,1-4H3;3*1,3-4H2,2H3;;. The molecule has 4 heteroatoms. The van der Waals surface area contributed by atoms with Crippen molar-refractivity contribution in [3.63, 3.8) is 0 Å². The summed E-state index contributed by atoms with van der Waals surface area (Å²) < 4.78 is 9.91. The van der Waals surface area contributed by atoms with Gasteiger partial charge in [0.2, 0.25) is 0 Å². The minimum atomic E-state index is -0.967. The van der Waals surface area contributed by atoms with Gasteiger partial charge in [-0.05, 0) is 23.1 Å². The fourth-order valence-corrected chi connectivity index (χ4v) is 14.4. The number of hydrogen-bond acceptors (Lipinski definition) is 3. The Morgan fingerprint density at radius 1 is 0.893 bits per heavy atom. The van der Waals surface area contributed by atoms with Crippen molar-refractivity contribution in [2.75, 3.05) is 0 Å². The molecule has 1 aromatic rings. The zero-order chi connectivity index (χ0) is 21.4. The van der Waals surface area contributed by atoms with Crippen LogP contribution in [-0.2, 0) is 14.4 Å². The molecule has 0 unspecified atom stereocenters. The molecule has 0 bridgehead atoms. The zero-order valence-electron chi connectivity index (χ0n) is 19.5. The second-order valence-corrected chi connectivity index (χ2v) is 19.4. The Bertz CT molecular complexity index is 489. The molecular weight excluding hydrogens is 471 g/mol. The first-order chi connectivity index (χ1) is 13.2. The maximum absolute atomic E-state index is 10.6. The van der Waals surface area contributed by atoms with Crippen LogP contribution in [0, 0.1) is 0 Å². The van der Waals surface area contributed by atoms with Gasteiger partial charge >= 0.3 is 98.3 Å².